The monoisotopic (exact) mass is 272 g/mol. The van der Waals surface area contributed by atoms with Gasteiger partial charge >= 0.3 is 0 Å². The summed E-state index contributed by atoms with van der Waals surface area (Å²) in [6.07, 6.45) is 5.03. The summed E-state index contributed by atoms with van der Waals surface area (Å²) in [7, 11) is 0. The number of rotatable bonds is 3. The fourth-order valence-electron chi connectivity index (χ4n) is 1.81. The summed E-state index contributed by atoms with van der Waals surface area (Å²) in [5.41, 5.74) is 1.35. The molecular formula is C12H14BrCl. The molecule has 0 aliphatic heterocycles. The molecule has 2 heteroatoms. The Bertz CT molecular complexity index is 290. The van der Waals surface area contributed by atoms with Gasteiger partial charge in [0.2, 0.25) is 0 Å². The molecule has 1 aliphatic rings. The Morgan fingerprint density at radius 1 is 1.29 bits per heavy atom. The molecule has 1 unspecified atom stereocenters. The molecular weight excluding hydrogens is 259 g/mol. The van der Waals surface area contributed by atoms with Gasteiger partial charge in [-0.15, -0.1) is 11.6 Å². The van der Waals surface area contributed by atoms with E-state index in [1.807, 2.05) is 0 Å². The molecule has 1 aromatic rings. The number of hydrogen-bond acceptors (Lipinski definition) is 0. The Kier molecular flexibility index (Phi) is 3.51. The third kappa shape index (κ3) is 2.52. The van der Waals surface area contributed by atoms with E-state index in [-0.39, 0.29) is 0 Å². The molecule has 0 nitrogen and oxygen atoms in total. The highest BCUT2D eigenvalue weighted by molar-refractivity contribution is 9.10. The molecule has 0 heterocycles. The fourth-order valence-corrected chi connectivity index (χ4v) is 2.51. The Balaban J connectivity index is 1.92. The third-order valence-electron chi connectivity index (χ3n) is 3.01. The lowest BCUT2D eigenvalue weighted by molar-refractivity contribution is 0.302. The minimum atomic E-state index is 0.338. The van der Waals surface area contributed by atoms with Crippen LogP contribution in [0.5, 0.6) is 0 Å². The molecule has 1 saturated carbocycles. The number of benzene rings is 1. The molecule has 76 valence electrons. The van der Waals surface area contributed by atoms with Crippen LogP contribution >= 0.6 is 27.5 Å². The quantitative estimate of drug-likeness (QED) is 0.716. The molecule has 1 aromatic carbocycles. The average molecular weight is 274 g/mol. The van der Waals surface area contributed by atoms with Crippen molar-refractivity contribution < 1.29 is 0 Å². The molecule has 2 rings (SSSR count). The first kappa shape index (κ1) is 10.5. The lowest BCUT2D eigenvalue weighted by atomic mass is 9.81. The molecule has 0 aromatic heterocycles. The predicted octanol–water partition coefficient (Wildman–Crippen LogP) is 4.40. The first-order chi connectivity index (χ1) is 6.75. The van der Waals surface area contributed by atoms with Gasteiger partial charge in [0.25, 0.3) is 0 Å². The van der Waals surface area contributed by atoms with Crippen molar-refractivity contribution in [2.24, 2.45) is 5.92 Å². The summed E-state index contributed by atoms with van der Waals surface area (Å²) in [5, 5.41) is 0.338. The maximum absolute atomic E-state index is 6.35. The standard InChI is InChI=1S/C12H14BrCl/c13-11-6-4-9(5-7-11)8-12(14)10-2-1-3-10/h4-7,10,12H,1-3,8H2. The molecule has 1 aliphatic carbocycles. The molecule has 0 amide bonds. The van der Waals surface area contributed by atoms with Crippen molar-refractivity contribution in [2.75, 3.05) is 0 Å². The summed E-state index contributed by atoms with van der Waals surface area (Å²) >= 11 is 9.78. The van der Waals surface area contributed by atoms with Gasteiger partial charge in [-0.1, -0.05) is 34.5 Å². The molecule has 0 bridgehead atoms. The summed E-state index contributed by atoms with van der Waals surface area (Å²) in [6, 6.07) is 8.47. The highest BCUT2D eigenvalue weighted by atomic mass is 79.9. The minimum Gasteiger partial charge on any atom is -0.122 e. The fraction of sp³-hybridized carbons (Fsp3) is 0.500. The Morgan fingerprint density at radius 3 is 2.43 bits per heavy atom. The van der Waals surface area contributed by atoms with E-state index in [1.165, 1.54) is 24.8 Å². The highest BCUT2D eigenvalue weighted by Crippen LogP contribution is 2.34. The van der Waals surface area contributed by atoms with Gasteiger partial charge in [0.05, 0.1) is 0 Å². The first-order valence-corrected chi connectivity index (χ1v) is 6.37. The van der Waals surface area contributed by atoms with Crippen molar-refractivity contribution in [3.63, 3.8) is 0 Å². The molecule has 0 N–H and O–H groups in total. The topological polar surface area (TPSA) is 0 Å². The zero-order valence-corrected chi connectivity index (χ0v) is 10.4. The van der Waals surface area contributed by atoms with Gasteiger partial charge in [-0.05, 0) is 42.9 Å². The molecule has 1 atom stereocenters. The maximum Gasteiger partial charge on any atom is 0.0404 e. The summed E-state index contributed by atoms with van der Waals surface area (Å²) in [4.78, 5) is 0. The Morgan fingerprint density at radius 2 is 1.93 bits per heavy atom. The van der Waals surface area contributed by atoms with Crippen LogP contribution in [-0.4, -0.2) is 5.38 Å². The van der Waals surface area contributed by atoms with Gasteiger partial charge in [-0.2, -0.15) is 0 Å². The zero-order valence-electron chi connectivity index (χ0n) is 8.05. The van der Waals surface area contributed by atoms with Crippen molar-refractivity contribution in [1.29, 1.82) is 0 Å². The lowest BCUT2D eigenvalue weighted by Gasteiger charge is -2.29. The third-order valence-corrected chi connectivity index (χ3v) is 4.04. The van der Waals surface area contributed by atoms with Gasteiger partial charge in [-0.25, -0.2) is 0 Å². The predicted molar refractivity (Wildman–Crippen MR) is 64.8 cm³/mol. The number of alkyl halides is 1. The van der Waals surface area contributed by atoms with E-state index in [1.54, 1.807) is 0 Å². The van der Waals surface area contributed by atoms with Crippen LogP contribution in [0.25, 0.3) is 0 Å². The number of halogens is 2. The van der Waals surface area contributed by atoms with Gasteiger partial charge in [-0.3, -0.25) is 0 Å². The second kappa shape index (κ2) is 4.67. The van der Waals surface area contributed by atoms with Gasteiger partial charge in [0.1, 0.15) is 0 Å². The average Bonchev–Trinajstić information content (AvgIpc) is 2.06. The normalized spacial score (nSPS) is 19.0. The van der Waals surface area contributed by atoms with Crippen molar-refractivity contribution >= 4 is 27.5 Å². The summed E-state index contributed by atoms with van der Waals surface area (Å²) < 4.78 is 1.14. The zero-order chi connectivity index (χ0) is 9.97. The molecule has 0 radical (unpaired) electrons. The smallest absolute Gasteiger partial charge is 0.0404 e. The van der Waals surface area contributed by atoms with E-state index in [2.05, 4.69) is 40.2 Å². The van der Waals surface area contributed by atoms with Crippen molar-refractivity contribution in [3.05, 3.63) is 34.3 Å². The minimum absolute atomic E-state index is 0.338. The Hall–Kier alpha value is -0.0100. The van der Waals surface area contributed by atoms with Crippen LogP contribution in [0.3, 0.4) is 0 Å². The SMILES string of the molecule is ClC(Cc1ccc(Br)cc1)C1CCC1. The van der Waals surface area contributed by atoms with Crippen LogP contribution < -0.4 is 0 Å². The van der Waals surface area contributed by atoms with Crippen LogP contribution in [0, 0.1) is 5.92 Å². The second-order valence-electron chi connectivity index (χ2n) is 4.04. The highest BCUT2D eigenvalue weighted by Gasteiger charge is 2.25. The van der Waals surface area contributed by atoms with Crippen LogP contribution in [-0.2, 0) is 6.42 Å². The van der Waals surface area contributed by atoms with Crippen LogP contribution in [0.15, 0.2) is 28.7 Å². The van der Waals surface area contributed by atoms with Crippen molar-refractivity contribution in [2.45, 2.75) is 31.1 Å². The molecule has 0 spiro atoms. The van der Waals surface area contributed by atoms with E-state index in [9.17, 15) is 0 Å². The van der Waals surface area contributed by atoms with Crippen LogP contribution in [0.4, 0.5) is 0 Å². The molecule has 1 fully saturated rings. The summed E-state index contributed by atoms with van der Waals surface area (Å²) in [5.74, 6) is 0.764. The van der Waals surface area contributed by atoms with Crippen molar-refractivity contribution in [3.8, 4) is 0 Å². The molecule has 0 saturated heterocycles. The largest absolute Gasteiger partial charge is 0.122 e. The van der Waals surface area contributed by atoms with E-state index in [0.29, 0.717) is 5.38 Å². The van der Waals surface area contributed by atoms with Gasteiger partial charge < -0.3 is 0 Å². The van der Waals surface area contributed by atoms with E-state index >= 15 is 0 Å². The van der Waals surface area contributed by atoms with E-state index in [0.717, 1.165) is 16.8 Å². The molecule has 14 heavy (non-hydrogen) atoms. The van der Waals surface area contributed by atoms with Gasteiger partial charge in [0, 0.05) is 9.85 Å². The first-order valence-electron chi connectivity index (χ1n) is 5.14. The van der Waals surface area contributed by atoms with Gasteiger partial charge in [0.15, 0.2) is 0 Å². The summed E-state index contributed by atoms with van der Waals surface area (Å²) in [6.45, 7) is 0. The lowest BCUT2D eigenvalue weighted by Crippen LogP contribution is -2.24. The van der Waals surface area contributed by atoms with Crippen LogP contribution in [0.2, 0.25) is 0 Å². The van der Waals surface area contributed by atoms with Crippen molar-refractivity contribution in [1.82, 2.24) is 0 Å². The van der Waals surface area contributed by atoms with E-state index < -0.39 is 0 Å². The second-order valence-corrected chi connectivity index (χ2v) is 5.51. The maximum atomic E-state index is 6.35. The van der Waals surface area contributed by atoms with Crippen LogP contribution in [0.1, 0.15) is 24.8 Å². The number of hydrogen-bond donors (Lipinski definition) is 0. The Labute approximate surface area is 98.8 Å². The van der Waals surface area contributed by atoms with E-state index in [4.69, 9.17) is 11.6 Å².